The second-order valence-electron chi connectivity index (χ2n) is 5.26. The van der Waals surface area contributed by atoms with Crippen LogP contribution in [0.4, 0.5) is 5.13 Å². The van der Waals surface area contributed by atoms with Gasteiger partial charge in [0.05, 0.1) is 6.61 Å². The van der Waals surface area contributed by atoms with Crippen LogP contribution in [0, 0.1) is 0 Å². The molecule has 0 spiro atoms. The molecule has 1 aromatic heterocycles. The van der Waals surface area contributed by atoms with E-state index in [0.717, 1.165) is 11.3 Å². The third-order valence-electron chi connectivity index (χ3n) is 3.37. The number of carboxylic acid groups (broad SMARTS) is 1. The predicted octanol–water partition coefficient (Wildman–Crippen LogP) is -2.32. The molecule has 0 saturated carbocycles. The molecule has 28 heavy (non-hydrogen) atoms. The maximum absolute atomic E-state index is 12.5. The van der Waals surface area contributed by atoms with Crippen molar-refractivity contribution in [3.8, 4) is 0 Å². The van der Waals surface area contributed by atoms with E-state index >= 15 is 0 Å². The van der Waals surface area contributed by atoms with Crippen molar-refractivity contribution >= 4 is 50.3 Å². The maximum Gasteiger partial charge on any atom is 0.362 e. The molecule has 1 fully saturated rings. The van der Waals surface area contributed by atoms with Crippen LogP contribution in [0.2, 0.25) is 0 Å². The van der Waals surface area contributed by atoms with Gasteiger partial charge < -0.3 is 25.7 Å². The number of nitrogens with two attached hydrogens (primary N) is 1. The van der Waals surface area contributed by atoms with Crippen molar-refractivity contribution < 1.29 is 42.0 Å². The Labute approximate surface area is 161 Å². The first-order chi connectivity index (χ1) is 13.1. The van der Waals surface area contributed by atoms with Gasteiger partial charge in [0.25, 0.3) is 11.8 Å². The van der Waals surface area contributed by atoms with E-state index in [1.807, 2.05) is 0 Å². The Kier molecular flexibility index (Phi) is 6.49. The van der Waals surface area contributed by atoms with Crippen molar-refractivity contribution in [1.29, 1.82) is 0 Å². The van der Waals surface area contributed by atoms with Crippen LogP contribution in [0.25, 0.3) is 0 Å². The third kappa shape index (κ3) is 4.71. The summed E-state index contributed by atoms with van der Waals surface area (Å²) in [5.41, 5.74) is 4.96. The van der Waals surface area contributed by atoms with Gasteiger partial charge in [0.15, 0.2) is 10.8 Å². The van der Waals surface area contributed by atoms with Gasteiger partial charge in [0.2, 0.25) is 6.61 Å². The monoisotopic (exact) mass is 437 g/mol. The molecule has 2 atom stereocenters. The molecule has 2 amide bonds. The number of anilines is 1. The number of ether oxygens (including phenoxy) is 1. The Morgan fingerprint density at radius 1 is 1.50 bits per heavy atom. The van der Waals surface area contributed by atoms with E-state index in [1.54, 1.807) is 0 Å². The van der Waals surface area contributed by atoms with Gasteiger partial charge in [-0.3, -0.25) is 14.1 Å². The molecule has 5 N–H and O–H groups in total. The number of nitrogen functional groups attached to an aromatic ring is 1. The Morgan fingerprint density at radius 2 is 2.18 bits per heavy atom. The Balaban J connectivity index is 2.22. The first kappa shape index (κ1) is 21.5. The summed E-state index contributed by atoms with van der Waals surface area (Å²) in [6.07, 6.45) is 0. The number of carbonyl (C=O) groups is 3. The fourth-order valence-corrected chi connectivity index (χ4v) is 3.67. The summed E-state index contributed by atoms with van der Waals surface area (Å²) in [7, 11) is -3.61. The number of aliphatic carboxylic acids is 1. The Morgan fingerprint density at radius 3 is 2.68 bits per heavy atom. The van der Waals surface area contributed by atoms with Gasteiger partial charge in [-0.25, -0.2) is 14.1 Å². The summed E-state index contributed by atoms with van der Waals surface area (Å²) in [5.74, 6) is -3.45. The highest BCUT2D eigenvalue weighted by molar-refractivity contribution is 7.84. The minimum atomic E-state index is -4.84. The molecule has 0 bridgehead atoms. The summed E-state index contributed by atoms with van der Waals surface area (Å²) in [5, 5.41) is 15.7. The van der Waals surface area contributed by atoms with Gasteiger partial charge >= 0.3 is 16.3 Å². The van der Waals surface area contributed by atoms with Crippen molar-refractivity contribution in [1.82, 2.24) is 14.6 Å². The highest BCUT2D eigenvalue weighted by Crippen LogP contribution is 2.24. The first-order valence-corrected chi connectivity index (χ1v) is 9.57. The molecule has 2 heterocycles. The molecule has 14 nitrogen and oxygen atoms in total. The number of thiazole rings is 1. The summed E-state index contributed by atoms with van der Waals surface area (Å²) in [6.45, 7) is -1.15. The number of carboxylic acids is 1. The molecule has 2 unspecified atom stereocenters. The second kappa shape index (κ2) is 8.46. The van der Waals surface area contributed by atoms with Gasteiger partial charge in [-0.2, -0.15) is 8.42 Å². The minimum absolute atomic E-state index is 0.0490. The van der Waals surface area contributed by atoms with Crippen LogP contribution >= 0.6 is 11.3 Å². The molecule has 1 saturated heterocycles. The molecule has 1 aliphatic rings. The van der Waals surface area contributed by atoms with Gasteiger partial charge in [-0.15, -0.1) is 11.3 Å². The van der Waals surface area contributed by atoms with Crippen molar-refractivity contribution in [3.63, 3.8) is 0 Å². The van der Waals surface area contributed by atoms with Crippen molar-refractivity contribution in [2.24, 2.45) is 5.16 Å². The second-order valence-corrected chi connectivity index (χ2v) is 7.44. The fourth-order valence-electron chi connectivity index (χ4n) is 2.26. The topological polar surface area (TPSA) is 211 Å². The molecule has 1 aromatic rings. The molecule has 0 aromatic carbocycles. The normalized spacial score (nSPS) is 19.9. The number of nitrogens with one attached hydrogen (secondary N) is 1. The zero-order valence-electron chi connectivity index (χ0n) is 14.1. The SMILES string of the molecule is COCC1C(NC(=O)/C(=N\OCC(=O)O)c2csc(N)n2)C(=O)N1S(=O)(=O)O. The third-order valence-corrected chi connectivity index (χ3v) is 4.99. The highest BCUT2D eigenvalue weighted by atomic mass is 32.2. The highest BCUT2D eigenvalue weighted by Gasteiger charge is 2.54. The smallest absolute Gasteiger partial charge is 0.362 e. The van der Waals surface area contributed by atoms with E-state index in [0.29, 0.717) is 0 Å². The largest absolute Gasteiger partial charge is 0.479 e. The van der Waals surface area contributed by atoms with Crippen LogP contribution in [-0.4, -0.2) is 83.3 Å². The van der Waals surface area contributed by atoms with Crippen LogP contribution in [0.15, 0.2) is 10.5 Å². The average molecular weight is 437 g/mol. The number of oxime groups is 1. The molecule has 0 aliphatic carbocycles. The first-order valence-electron chi connectivity index (χ1n) is 7.29. The summed E-state index contributed by atoms with van der Waals surface area (Å²) < 4.78 is 36.6. The van der Waals surface area contributed by atoms with E-state index in [9.17, 15) is 22.8 Å². The lowest BCUT2D eigenvalue weighted by atomic mass is 9.99. The number of amides is 2. The van der Waals surface area contributed by atoms with E-state index in [2.05, 4.69) is 20.3 Å². The van der Waals surface area contributed by atoms with Crippen molar-refractivity contribution in [2.75, 3.05) is 26.1 Å². The molecular formula is C12H15N5O9S2. The number of rotatable bonds is 9. The summed E-state index contributed by atoms with van der Waals surface area (Å²) >= 11 is 0.968. The lowest BCUT2D eigenvalue weighted by Crippen LogP contribution is -2.73. The zero-order chi connectivity index (χ0) is 21.1. The molecule has 16 heteroatoms. The van der Waals surface area contributed by atoms with Gasteiger partial charge in [-0.1, -0.05) is 5.16 Å². The van der Waals surface area contributed by atoms with Crippen LogP contribution in [0.1, 0.15) is 5.69 Å². The number of β-lactam (4-membered cyclic amide) rings is 1. The van der Waals surface area contributed by atoms with E-state index < -0.39 is 52.5 Å². The predicted molar refractivity (Wildman–Crippen MR) is 92.6 cm³/mol. The molecule has 154 valence electrons. The molecule has 0 radical (unpaired) electrons. The quantitative estimate of drug-likeness (QED) is 0.139. The van der Waals surface area contributed by atoms with Crippen LogP contribution in [0.3, 0.4) is 0 Å². The van der Waals surface area contributed by atoms with Gasteiger partial charge in [0, 0.05) is 12.5 Å². The number of aromatic nitrogens is 1. The van der Waals surface area contributed by atoms with Gasteiger partial charge in [-0.05, 0) is 0 Å². The fraction of sp³-hybridized carbons (Fsp3) is 0.417. The minimum Gasteiger partial charge on any atom is -0.479 e. The van der Waals surface area contributed by atoms with E-state index in [4.69, 9.17) is 20.1 Å². The number of carbonyl (C=O) groups excluding carboxylic acids is 2. The van der Waals surface area contributed by atoms with Crippen LogP contribution < -0.4 is 11.1 Å². The Hall–Kier alpha value is -2.82. The standard InChI is InChI=1S/C12H15N5O9S2/c1-25-2-6-9(11(21)17(6)28(22,23)24)15-10(20)8(16-26-3-7(18)19)5-4-27-12(13)14-5/h4,6,9H,2-3H2,1H3,(H2,13,14)(H,15,20)(H,18,19)(H,22,23,24)/b16-8-. The molecule has 1 aliphatic heterocycles. The number of methoxy groups -OCH3 is 1. The average Bonchev–Trinajstić information content (AvgIpc) is 3.00. The lowest BCUT2D eigenvalue weighted by molar-refractivity contribution is -0.147. The van der Waals surface area contributed by atoms with E-state index in [1.165, 1.54) is 12.5 Å². The van der Waals surface area contributed by atoms with Gasteiger partial charge in [0.1, 0.15) is 17.8 Å². The maximum atomic E-state index is 12.5. The zero-order valence-corrected chi connectivity index (χ0v) is 15.8. The molecule has 2 rings (SSSR count). The van der Waals surface area contributed by atoms with Crippen molar-refractivity contribution in [3.05, 3.63) is 11.1 Å². The van der Waals surface area contributed by atoms with E-state index in [-0.39, 0.29) is 21.7 Å². The Bertz CT molecular complexity index is 912. The lowest BCUT2D eigenvalue weighted by Gasteiger charge is -2.43. The molecular weight excluding hydrogens is 422 g/mol. The number of nitrogens with zero attached hydrogens (tertiary/aromatic N) is 3. The van der Waals surface area contributed by atoms with Crippen LogP contribution in [0.5, 0.6) is 0 Å². The summed E-state index contributed by atoms with van der Waals surface area (Å²) in [4.78, 5) is 43.5. The number of hydrogen-bond acceptors (Lipinski definition) is 11. The van der Waals surface area contributed by atoms with Crippen LogP contribution in [-0.2, 0) is 34.3 Å². The summed E-state index contributed by atoms with van der Waals surface area (Å²) in [6, 6.07) is -2.55. The van der Waals surface area contributed by atoms with Crippen molar-refractivity contribution in [2.45, 2.75) is 12.1 Å². The number of hydrogen-bond donors (Lipinski definition) is 4.